The van der Waals surface area contributed by atoms with Crippen LogP contribution in [0.1, 0.15) is 0 Å². The van der Waals surface area contributed by atoms with Gasteiger partial charge in [-0.3, -0.25) is 4.55 Å². The Hall–Kier alpha value is -0.490. The van der Waals surface area contributed by atoms with Crippen LogP contribution in [0.2, 0.25) is 0 Å². The molecule has 1 N–H and O–H groups in total. The Morgan fingerprint density at radius 2 is 2.00 bits per heavy atom. The van der Waals surface area contributed by atoms with Crippen LogP contribution >= 0.6 is 0 Å². The summed E-state index contributed by atoms with van der Waals surface area (Å²) in [5.74, 6) is -0.587. The van der Waals surface area contributed by atoms with Gasteiger partial charge in [-0.2, -0.15) is 13.3 Å². The van der Waals surface area contributed by atoms with Gasteiger partial charge in [0.05, 0.1) is 12.3 Å². The van der Waals surface area contributed by atoms with Crippen molar-refractivity contribution in [1.29, 1.82) is 0 Å². The molecule has 6 heteroatoms. The summed E-state index contributed by atoms with van der Waals surface area (Å²) in [4.78, 5) is 9.23. The third kappa shape index (κ3) is 5.51. The molecule has 0 rings (SSSR count). The third-order valence-corrected chi connectivity index (χ3v) is 1.14. The molecule has 0 radical (unpaired) electrons. The van der Waals surface area contributed by atoms with Crippen LogP contribution in [0, 0.1) is 4.91 Å². The van der Waals surface area contributed by atoms with E-state index in [-0.39, 0.29) is 0 Å². The van der Waals surface area contributed by atoms with Gasteiger partial charge in [-0.05, 0) is 0 Å². The second-order valence-electron chi connectivity index (χ2n) is 1.14. The zero-order chi connectivity index (χ0) is 6.62. The molecule has 0 fully saturated rings. The van der Waals surface area contributed by atoms with Gasteiger partial charge < -0.3 is 0 Å². The first-order chi connectivity index (χ1) is 3.56. The highest BCUT2D eigenvalue weighted by Crippen LogP contribution is 1.79. The molecule has 5 nitrogen and oxygen atoms in total. The Balaban J connectivity index is 3.57. The second-order valence-corrected chi connectivity index (χ2v) is 2.71. The summed E-state index contributed by atoms with van der Waals surface area (Å²) in [5.41, 5.74) is 0. The fourth-order valence-electron chi connectivity index (χ4n) is 0.153. The van der Waals surface area contributed by atoms with E-state index in [1.54, 1.807) is 0 Å². The molecule has 0 saturated heterocycles. The van der Waals surface area contributed by atoms with Crippen molar-refractivity contribution in [2.75, 3.05) is 12.3 Å². The lowest BCUT2D eigenvalue weighted by Crippen LogP contribution is -2.05. The maximum absolute atomic E-state index is 9.75. The summed E-state index contributed by atoms with van der Waals surface area (Å²) in [7, 11) is -3.98. The van der Waals surface area contributed by atoms with Gasteiger partial charge in [-0.15, -0.1) is 0 Å². The summed E-state index contributed by atoms with van der Waals surface area (Å²) >= 11 is 0. The largest absolute Gasteiger partial charge is 0.285 e. The zero-order valence-corrected chi connectivity index (χ0v) is 4.76. The first kappa shape index (κ1) is 7.51. The molecule has 0 aromatic rings. The van der Waals surface area contributed by atoms with Crippen LogP contribution in [0.3, 0.4) is 0 Å². The summed E-state index contributed by atoms with van der Waals surface area (Å²) in [6.07, 6.45) is 0. The Morgan fingerprint density at radius 3 is 2.12 bits per heavy atom. The topological polar surface area (TPSA) is 83.8 Å². The summed E-state index contributed by atoms with van der Waals surface area (Å²) in [6, 6.07) is 0. The van der Waals surface area contributed by atoms with Crippen LogP contribution in [0.25, 0.3) is 0 Å². The molecule has 0 amide bonds. The fourth-order valence-corrected chi connectivity index (χ4v) is 0.458. The van der Waals surface area contributed by atoms with E-state index in [9.17, 15) is 13.3 Å². The van der Waals surface area contributed by atoms with Crippen LogP contribution in [0.5, 0.6) is 0 Å². The van der Waals surface area contributed by atoms with Crippen LogP contribution < -0.4 is 0 Å². The molecule has 0 bridgehead atoms. The van der Waals surface area contributed by atoms with Crippen molar-refractivity contribution in [2.24, 2.45) is 5.18 Å². The van der Waals surface area contributed by atoms with Crippen LogP contribution in [0.15, 0.2) is 5.18 Å². The van der Waals surface area contributed by atoms with Gasteiger partial charge in [0.15, 0.2) is 0 Å². The second kappa shape index (κ2) is 2.73. The van der Waals surface area contributed by atoms with Crippen LogP contribution in [-0.4, -0.2) is 25.3 Å². The monoisotopic (exact) mass is 139 g/mol. The van der Waals surface area contributed by atoms with Crippen molar-refractivity contribution in [3.05, 3.63) is 4.91 Å². The highest BCUT2D eigenvalue weighted by Gasteiger charge is 2.01. The van der Waals surface area contributed by atoms with Gasteiger partial charge in [0.2, 0.25) is 0 Å². The van der Waals surface area contributed by atoms with E-state index in [1.165, 1.54) is 0 Å². The lowest BCUT2D eigenvalue weighted by Gasteiger charge is -1.84. The van der Waals surface area contributed by atoms with Gasteiger partial charge >= 0.3 is 0 Å². The van der Waals surface area contributed by atoms with Crippen LogP contribution in [-0.2, 0) is 10.1 Å². The molecule has 0 aliphatic carbocycles. The normalized spacial score (nSPS) is 11.1. The lowest BCUT2D eigenvalue weighted by atomic mass is 10.8. The average molecular weight is 139 g/mol. The molecule has 0 aliphatic heterocycles. The van der Waals surface area contributed by atoms with Gasteiger partial charge in [-0.25, -0.2) is 0 Å². The predicted molar refractivity (Wildman–Crippen MR) is 27.1 cm³/mol. The van der Waals surface area contributed by atoms with Crippen molar-refractivity contribution in [1.82, 2.24) is 0 Å². The minimum Gasteiger partial charge on any atom is -0.285 e. The van der Waals surface area contributed by atoms with Crippen molar-refractivity contribution in [3.8, 4) is 0 Å². The van der Waals surface area contributed by atoms with E-state index >= 15 is 0 Å². The number of nitrogens with zero attached hydrogens (tertiary/aromatic N) is 1. The van der Waals surface area contributed by atoms with Crippen molar-refractivity contribution < 1.29 is 13.0 Å². The zero-order valence-electron chi connectivity index (χ0n) is 3.94. The molecule has 0 aliphatic rings. The number of nitroso groups, excluding NO2 is 1. The Kier molecular flexibility index (Phi) is 2.56. The maximum Gasteiger partial charge on any atom is 0.266 e. The minimum absolute atomic E-state index is 0.390. The Bertz CT molecular complexity index is 159. The third-order valence-electron chi connectivity index (χ3n) is 0.441. The molecule has 0 aromatic heterocycles. The van der Waals surface area contributed by atoms with Gasteiger partial charge in [0.1, 0.15) is 0 Å². The molecule has 0 atom stereocenters. The van der Waals surface area contributed by atoms with Gasteiger partial charge in [0.25, 0.3) is 10.1 Å². The molecule has 0 heterocycles. The van der Waals surface area contributed by atoms with Crippen molar-refractivity contribution in [3.63, 3.8) is 0 Å². The molecule has 48 valence electrons. The van der Waals surface area contributed by atoms with Gasteiger partial charge in [0, 0.05) is 0 Å². The van der Waals surface area contributed by atoms with Gasteiger partial charge in [-0.1, -0.05) is 5.18 Å². The molecule has 0 spiro atoms. The van der Waals surface area contributed by atoms with Crippen molar-refractivity contribution >= 4 is 10.1 Å². The highest BCUT2D eigenvalue weighted by molar-refractivity contribution is 7.85. The van der Waals surface area contributed by atoms with E-state index in [0.29, 0.717) is 0 Å². The smallest absolute Gasteiger partial charge is 0.266 e. The van der Waals surface area contributed by atoms with Crippen molar-refractivity contribution in [2.45, 2.75) is 0 Å². The first-order valence-corrected chi connectivity index (χ1v) is 3.41. The first-order valence-electron chi connectivity index (χ1n) is 1.80. The maximum atomic E-state index is 9.75. The standard InChI is InChI=1S/C2H5NO4S/c4-3-1-2-8(5,6)7/h1-2H2,(H,5,6,7). The number of hydrogen-bond donors (Lipinski definition) is 1. The Labute approximate surface area is 46.4 Å². The molecule has 8 heavy (non-hydrogen) atoms. The quantitative estimate of drug-likeness (QED) is 0.427. The molecule has 0 aromatic carbocycles. The molecular weight excluding hydrogens is 134 g/mol. The van der Waals surface area contributed by atoms with E-state index in [2.05, 4.69) is 5.18 Å². The highest BCUT2D eigenvalue weighted by atomic mass is 32.2. The average Bonchev–Trinajstić information content (AvgIpc) is 1.59. The predicted octanol–water partition coefficient (Wildman–Crippen LogP) is -0.359. The number of hydrogen-bond acceptors (Lipinski definition) is 4. The Morgan fingerprint density at radius 1 is 1.50 bits per heavy atom. The fraction of sp³-hybridized carbons (Fsp3) is 1.00. The van der Waals surface area contributed by atoms with E-state index in [1.807, 2.05) is 0 Å². The van der Waals surface area contributed by atoms with Crippen LogP contribution in [0.4, 0.5) is 0 Å². The minimum atomic E-state index is -3.98. The lowest BCUT2D eigenvalue weighted by molar-refractivity contribution is 0.483. The van der Waals surface area contributed by atoms with E-state index in [4.69, 9.17) is 4.55 Å². The molecular formula is C2H5NO4S. The molecule has 0 saturated carbocycles. The van der Waals surface area contributed by atoms with E-state index < -0.39 is 22.4 Å². The summed E-state index contributed by atoms with van der Waals surface area (Å²) in [6.45, 7) is -0.390. The number of rotatable bonds is 3. The SMILES string of the molecule is O=NCCS(=O)(=O)O. The molecule has 0 unspecified atom stereocenters. The summed E-state index contributed by atoms with van der Waals surface area (Å²) < 4.78 is 27.4. The summed E-state index contributed by atoms with van der Waals surface area (Å²) in [5, 5.41) is 2.23. The van der Waals surface area contributed by atoms with E-state index in [0.717, 1.165) is 0 Å².